The molecule has 0 atom stereocenters. The molecule has 1 aliphatic rings. The minimum absolute atomic E-state index is 0.264. The van der Waals surface area contributed by atoms with Crippen molar-refractivity contribution in [3.8, 4) is 5.75 Å². The van der Waals surface area contributed by atoms with E-state index in [1.165, 1.54) is 19.3 Å². The van der Waals surface area contributed by atoms with Crippen molar-refractivity contribution in [3.05, 3.63) is 44.0 Å². The summed E-state index contributed by atoms with van der Waals surface area (Å²) >= 11 is 3.53. The lowest BCUT2D eigenvalue weighted by atomic mass is 9.98. The average molecular weight is 382 g/mol. The first kappa shape index (κ1) is 18.0. The molecule has 0 heterocycles. The standard InChI is InChI=1S/C18H24BrNO3/c1-2-3-7-15(20(21)22)12-14-10-11-18(17(19)13-14)23-16-8-5-4-6-9-16/h10-13,16H,2-9H2,1H3. The molecule has 0 spiro atoms. The van der Waals surface area contributed by atoms with Crippen LogP contribution in [0.3, 0.4) is 0 Å². The third kappa shape index (κ3) is 5.65. The lowest BCUT2D eigenvalue weighted by Crippen LogP contribution is -2.19. The summed E-state index contributed by atoms with van der Waals surface area (Å²) in [6.45, 7) is 2.03. The number of rotatable bonds is 7. The van der Waals surface area contributed by atoms with Crippen molar-refractivity contribution in [2.75, 3.05) is 0 Å². The van der Waals surface area contributed by atoms with Gasteiger partial charge in [0.15, 0.2) is 0 Å². The molecule has 0 aliphatic heterocycles. The fraction of sp³-hybridized carbons (Fsp3) is 0.556. The fourth-order valence-corrected chi connectivity index (χ4v) is 3.32. The Bertz CT molecular complexity index is 565. The van der Waals surface area contributed by atoms with E-state index < -0.39 is 0 Å². The summed E-state index contributed by atoms with van der Waals surface area (Å²) in [5.41, 5.74) is 1.09. The van der Waals surface area contributed by atoms with Crippen LogP contribution in [-0.2, 0) is 0 Å². The highest BCUT2D eigenvalue weighted by atomic mass is 79.9. The molecule has 126 valence electrons. The topological polar surface area (TPSA) is 52.4 Å². The van der Waals surface area contributed by atoms with Crippen molar-refractivity contribution in [2.24, 2.45) is 0 Å². The molecule has 0 N–H and O–H groups in total. The first-order valence-electron chi connectivity index (χ1n) is 8.41. The second-order valence-electron chi connectivity index (χ2n) is 6.06. The van der Waals surface area contributed by atoms with Gasteiger partial charge in [-0.3, -0.25) is 10.1 Å². The normalized spacial score (nSPS) is 16.3. The quantitative estimate of drug-likeness (QED) is 0.431. The van der Waals surface area contributed by atoms with E-state index in [2.05, 4.69) is 15.9 Å². The predicted octanol–water partition coefficient (Wildman–Crippen LogP) is 5.97. The number of halogens is 1. The van der Waals surface area contributed by atoms with Crippen LogP contribution in [0.1, 0.15) is 63.9 Å². The molecule has 0 unspecified atom stereocenters. The Hall–Kier alpha value is -1.36. The van der Waals surface area contributed by atoms with Crippen molar-refractivity contribution in [3.63, 3.8) is 0 Å². The van der Waals surface area contributed by atoms with Gasteiger partial charge in [-0.15, -0.1) is 0 Å². The van der Waals surface area contributed by atoms with E-state index in [9.17, 15) is 10.1 Å². The number of unbranched alkanes of at least 4 members (excludes halogenated alkanes) is 1. The van der Waals surface area contributed by atoms with Gasteiger partial charge in [0.2, 0.25) is 5.70 Å². The number of hydrogen-bond acceptors (Lipinski definition) is 3. The molecule has 4 nitrogen and oxygen atoms in total. The largest absolute Gasteiger partial charge is 0.489 e. The van der Waals surface area contributed by atoms with Crippen LogP contribution in [0.25, 0.3) is 6.08 Å². The van der Waals surface area contributed by atoms with E-state index in [4.69, 9.17) is 4.74 Å². The van der Waals surface area contributed by atoms with Crippen molar-refractivity contribution < 1.29 is 9.66 Å². The number of ether oxygens (including phenoxy) is 1. The van der Waals surface area contributed by atoms with Gasteiger partial charge in [0.25, 0.3) is 0 Å². The molecule has 23 heavy (non-hydrogen) atoms. The summed E-state index contributed by atoms with van der Waals surface area (Å²) in [5.74, 6) is 0.824. The Morgan fingerprint density at radius 3 is 2.74 bits per heavy atom. The van der Waals surface area contributed by atoms with Crippen LogP contribution >= 0.6 is 15.9 Å². The number of nitro groups is 1. The van der Waals surface area contributed by atoms with Gasteiger partial charge < -0.3 is 4.74 Å². The highest BCUT2D eigenvalue weighted by Crippen LogP contribution is 2.31. The molecule has 0 radical (unpaired) electrons. The smallest absolute Gasteiger partial charge is 0.246 e. The minimum Gasteiger partial charge on any atom is -0.489 e. The van der Waals surface area contributed by atoms with Crippen LogP contribution < -0.4 is 4.74 Å². The molecular formula is C18H24BrNO3. The van der Waals surface area contributed by atoms with Gasteiger partial charge in [0, 0.05) is 12.5 Å². The van der Waals surface area contributed by atoms with E-state index in [-0.39, 0.29) is 10.6 Å². The summed E-state index contributed by atoms with van der Waals surface area (Å²) in [4.78, 5) is 10.8. The summed E-state index contributed by atoms with van der Waals surface area (Å²) in [5, 5.41) is 11.1. The highest BCUT2D eigenvalue weighted by Gasteiger charge is 2.16. The fourth-order valence-electron chi connectivity index (χ4n) is 2.83. The van der Waals surface area contributed by atoms with E-state index >= 15 is 0 Å². The van der Waals surface area contributed by atoms with Crippen molar-refractivity contribution in [2.45, 2.75) is 64.4 Å². The number of benzene rings is 1. The maximum absolute atomic E-state index is 11.1. The van der Waals surface area contributed by atoms with Gasteiger partial charge in [-0.2, -0.15) is 0 Å². The van der Waals surface area contributed by atoms with E-state index in [0.717, 1.165) is 41.5 Å². The maximum atomic E-state index is 11.1. The summed E-state index contributed by atoms with van der Waals surface area (Å²) < 4.78 is 6.91. The first-order chi connectivity index (χ1) is 11.1. The highest BCUT2D eigenvalue weighted by molar-refractivity contribution is 9.10. The van der Waals surface area contributed by atoms with Crippen LogP contribution in [0.5, 0.6) is 5.75 Å². The van der Waals surface area contributed by atoms with Crippen LogP contribution in [0, 0.1) is 10.1 Å². The van der Waals surface area contributed by atoms with Gasteiger partial charge in [-0.25, -0.2) is 0 Å². The summed E-state index contributed by atoms with van der Waals surface area (Å²) in [6, 6.07) is 5.69. The zero-order valence-electron chi connectivity index (χ0n) is 13.6. The van der Waals surface area contributed by atoms with Crippen molar-refractivity contribution in [1.82, 2.24) is 0 Å². The van der Waals surface area contributed by atoms with Gasteiger partial charge in [0.1, 0.15) is 5.75 Å². The maximum Gasteiger partial charge on any atom is 0.246 e. The molecular weight excluding hydrogens is 358 g/mol. The second-order valence-corrected chi connectivity index (χ2v) is 6.92. The molecule has 1 saturated carbocycles. The third-order valence-corrected chi connectivity index (χ3v) is 4.78. The minimum atomic E-state index is -0.282. The van der Waals surface area contributed by atoms with Gasteiger partial charge >= 0.3 is 0 Å². The zero-order chi connectivity index (χ0) is 16.7. The SMILES string of the molecule is CCCCC(=Cc1ccc(OC2CCCCC2)c(Br)c1)[N+](=O)[O-]. The average Bonchev–Trinajstić information content (AvgIpc) is 2.54. The molecule has 1 fully saturated rings. The molecule has 0 saturated heterocycles. The first-order valence-corrected chi connectivity index (χ1v) is 9.20. The van der Waals surface area contributed by atoms with E-state index in [0.29, 0.717) is 12.5 Å². The Morgan fingerprint density at radius 2 is 2.13 bits per heavy atom. The molecule has 0 aromatic heterocycles. The molecule has 1 aromatic carbocycles. The number of nitrogens with zero attached hydrogens (tertiary/aromatic N) is 1. The van der Waals surface area contributed by atoms with Gasteiger partial charge in [-0.05, 0) is 65.7 Å². The molecule has 1 aromatic rings. The van der Waals surface area contributed by atoms with Crippen LogP contribution in [0.4, 0.5) is 0 Å². The Labute approximate surface area is 146 Å². The van der Waals surface area contributed by atoms with Crippen molar-refractivity contribution in [1.29, 1.82) is 0 Å². The monoisotopic (exact) mass is 381 g/mol. The Kier molecular flexibility index (Phi) is 7.09. The molecule has 1 aliphatic carbocycles. The summed E-state index contributed by atoms with van der Waals surface area (Å²) in [7, 11) is 0. The van der Waals surface area contributed by atoms with Gasteiger partial charge in [0.05, 0.1) is 15.5 Å². The summed E-state index contributed by atoms with van der Waals surface area (Å²) in [6.07, 6.45) is 10.2. The van der Waals surface area contributed by atoms with Crippen LogP contribution in [0.15, 0.2) is 28.4 Å². The van der Waals surface area contributed by atoms with Crippen molar-refractivity contribution >= 4 is 22.0 Å². The van der Waals surface area contributed by atoms with E-state index in [1.54, 1.807) is 6.08 Å². The lowest BCUT2D eigenvalue weighted by molar-refractivity contribution is -0.426. The predicted molar refractivity (Wildman–Crippen MR) is 96.1 cm³/mol. The number of allylic oxidation sites excluding steroid dienone is 1. The van der Waals surface area contributed by atoms with Gasteiger partial charge in [-0.1, -0.05) is 25.8 Å². The Balaban J connectivity index is 2.09. The van der Waals surface area contributed by atoms with E-state index in [1.807, 2.05) is 25.1 Å². The lowest BCUT2D eigenvalue weighted by Gasteiger charge is -2.23. The molecule has 5 heteroatoms. The molecule has 0 amide bonds. The third-order valence-electron chi connectivity index (χ3n) is 4.16. The second kappa shape index (κ2) is 9.06. The zero-order valence-corrected chi connectivity index (χ0v) is 15.2. The number of hydrogen-bond donors (Lipinski definition) is 0. The van der Waals surface area contributed by atoms with Crippen LogP contribution in [-0.4, -0.2) is 11.0 Å². The molecule has 2 rings (SSSR count). The van der Waals surface area contributed by atoms with Crippen LogP contribution in [0.2, 0.25) is 0 Å². The Morgan fingerprint density at radius 1 is 1.39 bits per heavy atom. The molecule has 0 bridgehead atoms.